The Labute approximate surface area is 179 Å². The zero-order valence-corrected chi connectivity index (χ0v) is 17.1. The summed E-state index contributed by atoms with van der Waals surface area (Å²) in [6.07, 6.45) is 8.02. The number of nitriles is 1. The quantitative estimate of drug-likeness (QED) is 0.486. The van der Waals surface area contributed by atoms with Crippen LogP contribution in [0.5, 0.6) is 0 Å². The van der Waals surface area contributed by atoms with Gasteiger partial charge < -0.3 is 4.90 Å². The van der Waals surface area contributed by atoms with E-state index in [0.717, 1.165) is 11.1 Å². The number of ketones is 1. The molecule has 0 N–H and O–H groups in total. The fourth-order valence-electron chi connectivity index (χ4n) is 3.98. The van der Waals surface area contributed by atoms with Gasteiger partial charge in [-0.3, -0.25) is 24.5 Å². The fourth-order valence-corrected chi connectivity index (χ4v) is 3.98. The lowest BCUT2D eigenvalue weighted by atomic mass is 9.82. The Kier molecular flexibility index (Phi) is 5.05. The smallest absolute Gasteiger partial charge is 0.263 e. The number of pyridine rings is 2. The predicted molar refractivity (Wildman–Crippen MR) is 113 cm³/mol. The number of benzene rings is 1. The van der Waals surface area contributed by atoms with Gasteiger partial charge in [-0.2, -0.15) is 5.26 Å². The topological polar surface area (TPSA) is 90.2 Å². The maximum atomic E-state index is 13.7. The molecule has 7 nitrogen and oxygen atoms in total. The first-order valence-corrected chi connectivity index (χ1v) is 9.59. The highest BCUT2D eigenvalue weighted by molar-refractivity contribution is 6.06. The molecule has 2 aromatic heterocycles. The minimum Gasteiger partial charge on any atom is -0.339 e. The Morgan fingerprint density at radius 3 is 1.94 bits per heavy atom. The summed E-state index contributed by atoms with van der Waals surface area (Å²) in [5, 5.41) is 8.96. The molecule has 0 aliphatic carbocycles. The molecule has 3 heterocycles. The molecule has 0 atom stereocenters. The third kappa shape index (κ3) is 3.15. The van der Waals surface area contributed by atoms with E-state index in [1.807, 2.05) is 11.0 Å². The SMILES string of the molecule is CN1C(=O)C(c2ccncc2)(c2ccncc2)N(C)C1=CC(=O)c1ccc(C#N)cc1. The van der Waals surface area contributed by atoms with Crippen LogP contribution in [0, 0.1) is 11.3 Å². The Bertz CT molecular complexity index is 1160. The van der Waals surface area contributed by atoms with E-state index >= 15 is 0 Å². The van der Waals surface area contributed by atoms with E-state index < -0.39 is 5.54 Å². The summed E-state index contributed by atoms with van der Waals surface area (Å²) in [5.74, 6) is 0.0190. The van der Waals surface area contributed by atoms with E-state index in [-0.39, 0.29) is 11.7 Å². The van der Waals surface area contributed by atoms with Crippen molar-refractivity contribution in [3.05, 3.63) is 107 Å². The average Bonchev–Trinajstić information content (AvgIpc) is 3.01. The van der Waals surface area contributed by atoms with Crippen molar-refractivity contribution in [3.8, 4) is 6.07 Å². The summed E-state index contributed by atoms with van der Waals surface area (Å²) >= 11 is 0. The molecular weight excluding hydrogens is 390 g/mol. The Morgan fingerprint density at radius 1 is 0.935 bits per heavy atom. The second-order valence-electron chi connectivity index (χ2n) is 7.16. The monoisotopic (exact) mass is 409 g/mol. The Hall–Kier alpha value is -4.31. The van der Waals surface area contributed by atoms with Gasteiger partial charge in [-0.05, 0) is 59.7 Å². The summed E-state index contributed by atoms with van der Waals surface area (Å²) in [6.45, 7) is 0. The third-order valence-corrected chi connectivity index (χ3v) is 5.56. The molecule has 152 valence electrons. The average molecular weight is 409 g/mol. The van der Waals surface area contributed by atoms with Gasteiger partial charge in [0, 0.05) is 50.5 Å². The van der Waals surface area contributed by atoms with Gasteiger partial charge in [0.05, 0.1) is 11.6 Å². The molecule has 1 amide bonds. The van der Waals surface area contributed by atoms with E-state index in [1.165, 1.54) is 11.0 Å². The lowest BCUT2D eigenvalue weighted by Gasteiger charge is -2.35. The van der Waals surface area contributed by atoms with Crippen molar-refractivity contribution in [1.82, 2.24) is 19.8 Å². The number of hydrogen-bond donors (Lipinski definition) is 0. The summed E-state index contributed by atoms with van der Waals surface area (Å²) < 4.78 is 0. The van der Waals surface area contributed by atoms with E-state index in [1.54, 1.807) is 87.4 Å². The molecule has 1 saturated heterocycles. The number of allylic oxidation sites excluding steroid dienone is 1. The number of nitrogens with zero attached hydrogens (tertiary/aromatic N) is 5. The molecule has 4 rings (SSSR count). The summed E-state index contributed by atoms with van der Waals surface area (Å²) in [4.78, 5) is 38.1. The molecule has 0 spiro atoms. The number of likely N-dealkylation sites (N-methyl/N-ethyl adjacent to an activating group) is 2. The molecule has 31 heavy (non-hydrogen) atoms. The van der Waals surface area contributed by atoms with Crippen molar-refractivity contribution in [1.29, 1.82) is 5.26 Å². The van der Waals surface area contributed by atoms with Crippen LogP contribution in [0.25, 0.3) is 0 Å². The molecule has 0 unspecified atom stereocenters. The molecular formula is C24H19N5O2. The standard InChI is InChI=1S/C24H19N5O2/c1-28-22(15-21(30)18-5-3-17(16-25)4-6-18)29(2)24(23(28)31,19-7-11-26-12-8-19)20-9-13-27-14-10-20/h3-15H,1-2H3. The van der Waals surface area contributed by atoms with Crippen molar-refractivity contribution in [2.75, 3.05) is 14.1 Å². The van der Waals surface area contributed by atoms with Gasteiger partial charge in [-0.1, -0.05) is 0 Å². The van der Waals surface area contributed by atoms with Crippen molar-refractivity contribution >= 4 is 11.7 Å². The molecule has 3 aromatic rings. The fraction of sp³-hybridized carbons (Fsp3) is 0.125. The highest BCUT2D eigenvalue weighted by Gasteiger charge is 2.54. The molecule has 1 fully saturated rings. The molecule has 1 aliphatic heterocycles. The van der Waals surface area contributed by atoms with Crippen LogP contribution in [0.4, 0.5) is 0 Å². The van der Waals surface area contributed by atoms with Crippen molar-refractivity contribution in [2.45, 2.75) is 5.54 Å². The van der Waals surface area contributed by atoms with Crippen molar-refractivity contribution in [2.24, 2.45) is 0 Å². The molecule has 0 radical (unpaired) electrons. The maximum absolute atomic E-state index is 13.7. The van der Waals surface area contributed by atoms with Crippen LogP contribution in [-0.4, -0.2) is 45.6 Å². The molecule has 0 saturated carbocycles. The zero-order valence-electron chi connectivity index (χ0n) is 17.1. The van der Waals surface area contributed by atoms with Crippen molar-refractivity contribution < 1.29 is 9.59 Å². The molecule has 1 aliphatic rings. The lowest BCUT2D eigenvalue weighted by Crippen LogP contribution is -2.45. The van der Waals surface area contributed by atoms with Crippen LogP contribution in [0.1, 0.15) is 27.0 Å². The van der Waals surface area contributed by atoms with Crippen LogP contribution in [-0.2, 0) is 10.3 Å². The second kappa shape index (κ2) is 7.84. The summed E-state index contributed by atoms with van der Waals surface area (Å²) in [7, 11) is 3.45. The number of carbonyl (C=O) groups is 2. The van der Waals surface area contributed by atoms with E-state index in [4.69, 9.17) is 5.26 Å². The first-order valence-electron chi connectivity index (χ1n) is 9.59. The van der Waals surface area contributed by atoms with Gasteiger partial charge in [-0.25, -0.2) is 0 Å². The highest BCUT2D eigenvalue weighted by atomic mass is 16.2. The molecule has 0 bridgehead atoms. The normalized spacial score (nSPS) is 16.4. The second-order valence-corrected chi connectivity index (χ2v) is 7.16. The number of amides is 1. The zero-order chi connectivity index (χ0) is 22.0. The number of hydrogen-bond acceptors (Lipinski definition) is 6. The van der Waals surface area contributed by atoms with Gasteiger partial charge in [0.2, 0.25) is 0 Å². The Balaban J connectivity index is 1.84. The number of aromatic nitrogens is 2. The first kappa shape index (κ1) is 20.0. The third-order valence-electron chi connectivity index (χ3n) is 5.56. The van der Waals surface area contributed by atoms with Crippen LogP contribution in [0.2, 0.25) is 0 Å². The van der Waals surface area contributed by atoms with Gasteiger partial charge in [0.25, 0.3) is 5.91 Å². The van der Waals surface area contributed by atoms with Crippen LogP contribution >= 0.6 is 0 Å². The van der Waals surface area contributed by atoms with Crippen LogP contribution in [0.15, 0.2) is 85.2 Å². The largest absolute Gasteiger partial charge is 0.339 e. The van der Waals surface area contributed by atoms with Gasteiger partial charge in [-0.15, -0.1) is 0 Å². The van der Waals surface area contributed by atoms with E-state index in [0.29, 0.717) is 16.9 Å². The van der Waals surface area contributed by atoms with Crippen LogP contribution in [0.3, 0.4) is 0 Å². The van der Waals surface area contributed by atoms with Gasteiger partial charge >= 0.3 is 0 Å². The van der Waals surface area contributed by atoms with Crippen molar-refractivity contribution in [3.63, 3.8) is 0 Å². The van der Waals surface area contributed by atoms with E-state index in [2.05, 4.69) is 9.97 Å². The molecule has 1 aromatic carbocycles. The minimum atomic E-state index is -1.16. The summed E-state index contributed by atoms with van der Waals surface area (Å²) in [6, 6.07) is 15.6. The summed E-state index contributed by atoms with van der Waals surface area (Å²) in [5.41, 5.74) is 1.23. The Morgan fingerprint density at radius 2 is 1.45 bits per heavy atom. The predicted octanol–water partition coefficient (Wildman–Crippen LogP) is 2.72. The van der Waals surface area contributed by atoms with Gasteiger partial charge in [0.15, 0.2) is 11.3 Å². The highest BCUT2D eigenvalue weighted by Crippen LogP contribution is 2.44. The number of rotatable bonds is 4. The van der Waals surface area contributed by atoms with E-state index in [9.17, 15) is 9.59 Å². The van der Waals surface area contributed by atoms with Gasteiger partial charge in [0.1, 0.15) is 5.82 Å². The molecule has 7 heteroatoms. The van der Waals surface area contributed by atoms with Crippen LogP contribution < -0.4 is 0 Å². The number of carbonyl (C=O) groups excluding carboxylic acids is 2. The maximum Gasteiger partial charge on any atom is 0.263 e. The minimum absolute atomic E-state index is 0.189. The lowest BCUT2D eigenvalue weighted by molar-refractivity contribution is -0.131. The first-order chi connectivity index (χ1) is 15.0.